The third-order valence-corrected chi connectivity index (χ3v) is 4.77. The second kappa shape index (κ2) is 7.73. The zero-order valence-corrected chi connectivity index (χ0v) is 14.9. The van der Waals surface area contributed by atoms with Crippen LogP contribution in [-0.2, 0) is 6.54 Å². The van der Waals surface area contributed by atoms with Gasteiger partial charge in [-0.2, -0.15) is 0 Å². The van der Waals surface area contributed by atoms with Crippen LogP contribution in [0, 0.1) is 0 Å². The molecule has 0 spiro atoms. The van der Waals surface area contributed by atoms with E-state index in [4.69, 9.17) is 23.8 Å². The van der Waals surface area contributed by atoms with E-state index in [0.29, 0.717) is 12.3 Å². The molecule has 0 bridgehead atoms. The van der Waals surface area contributed by atoms with Crippen LogP contribution in [0.2, 0.25) is 5.02 Å². The van der Waals surface area contributed by atoms with Crippen LogP contribution >= 0.6 is 23.8 Å². The molecule has 6 heteroatoms. The van der Waals surface area contributed by atoms with E-state index in [0.717, 1.165) is 47.6 Å². The number of anilines is 1. The van der Waals surface area contributed by atoms with Crippen LogP contribution in [-0.4, -0.2) is 41.3 Å². The Hall–Kier alpha value is -1.98. The molecular formula is C18H20ClN3OS. The molecule has 1 aliphatic rings. The van der Waals surface area contributed by atoms with E-state index in [2.05, 4.69) is 15.1 Å². The molecule has 2 N–H and O–H groups in total. The number of benzene rings is 2. The van der Waals surface area contributed by atoms with Crippen molar-refractivity contribution in [2.45, 2.75) is 6.54 Å². The molecule has 1 heterocycles. The first-order valence-electron chi connectivity index (χ1n) is 7.93. The molecule has 0 radical (unpaired) electrons. The van der Waals surface area contributed by atoms with E-state index in [9.17, 15) is 5.11 Å². The number of phenolic OH excluding ortho intramolecular Hbond substituents is 1. The summed E-state index contributed by atoms with van der Waals surface area (Å²) in [5.41, 5.74) is 2.20. The molecule has 0 unspecified atom stereocenters. The van der Waals surface area contributed by atoms with Gasteiger partial charge in [0.1, 0.15) is 5.75 Å². The Bertz CT molecular complexity index is 700. The van der Waals surface area contributed by atoms with Gasteiger partial charge in [-0.15, -0.1) is 0 Å². The number of halogens is 1. The summed E-state index contributed by atoms with van der Waals surface area (Å²) in [7, 11) is 0. The molecule has 0 saturated carbocycles. The van der Waals surface area contributed by atoms with Crippen molar-refractivity contribution in [1.82, 2.24) is 10.2 Å². The van der Waals surface area contributed by atoms with E-state index >= 15 is 0 Å². The summed E-state index contributed by atoms with van der Waals surface area (Å²) in [5, 5.41) is 14.4. The maximum atomic E-state index is 9.60. The van der Waals surface area contributed by atoms with E-state index in [1.165, 1.54) is 0 Å². The highest BCUT2D eigenvalue weighted by atomic mass is 35.5. The second-order valence-electron chi connectivity index (χ2n) is 5.78. The fourth-order valence-electron chi connectivity index (χ4n) is 2.75. The maximum Gasteiger partial charge on any atom is 0.169 e. The van der Waals surface area contributed by atoms with Gasteiger partial charge in [-0.05, 0) is 42.0 Å². The second-order valence-corrected chi connectivity index (χ2v) is 6.60. The summed E-state index contributed by atoms with van der Waals surface area (Å²) in [6.07, 6.45) is 0. The van der Waals surface area contributed by atoms with E-state index in [-0.39, 0.29) is 0 Å². The smallest absolute Gasteiger partial charge is 0.169 e. The molecule has 1 fully saturated rings. The molecule has 1 saturated heterocycles. The Morgan fingerprint density at radius 2 is 1.79 bits per heavy atom. The van der Waals surface area contributed by atoms with Crippen LogP contribution in [0.3, 0.4) is 0 Å². The van der Waals surface area contributed by atoms with Gasteiger partial charge in [0.2, 0.25) is 0 Å². The minimum Gasteiger partial charge on any atom is -0.508 e. The van der Waals surface area contributed by atoms with E-state index in [1.807, 2.05) is 36.4 Å². The number of phenols is 1. The van der Waals surface area contributed by atoms with Gasteiger partial charge >= 0.3 is 0 Å². The normalized spacial score (nSPS) is 14.5. The molecule has 2 aromatic rings. The fourth-order valence-corrected chi connectivity index (χ4v) is 3.13. The number of nitrogens with zero attached hydrogens (tertiary/aromatic N) is 2. The predicted octanol–water partition coefficient (Wildman–Crippen LogP) is 3.24. The largest absolute Gasteiger partial charge is 0.508 e. The minimum absolute atomic E-state index is 0.301. The van der Waals surface area contributed by atoms with Crippen molar-refractivity contribution in [3.8, 4) is 5.75 Å². The highest BCUT2D eigenvalue weighted by Gasteiger charge is 2.19. The number of hydrogen-bond donors (Lipinski definition) is 2. The Morgan fingerprint density at radius 3 is 2.46 bits per heavy atom. The molecule has 24 heavy (non-hydrogen) atoms. The molecule has 0 amide bonds. The zero-order chi connectivity index (χ0) is 16.9. The average molecular weight is 362 g/mol. The SMILES string of the molecule is Oc1cccc(N2CCN(C(=S)NCc3ccc(Cl)cc3)CC2)c1. The lowest BCUT2D eigenvalue weighted by Crippen LogP contribution is -2.51. The van der Waals surface area contributed by atoms with Crippen molar-refractivity contribution in [3.63, 3.8) is 0 Å². The van der Waals surface area contributed by atoms with Crippen LogP contribution < -0.4 is 10.2 Å². The molecule has 0 aliphatic carbocycles. The Labute approximate surface area is 152 Å². The highest BCUT2D eigenvalue weighted by molar-refractivity contribution is 7.80. The lowest BCUT2D eigenvalue weighted by atomic mass is 10.2. The van der Waals surface area contributed by atoms with Gasteiger partial charge in [0.05, 0.1) is 0 Å². The molecule has 0 aromatic heterocycles. The molecule has 3 rings (SSSR count). The van der Waals surface area contributed by atoms with Gasteiger partial charge in [-0.1, -0.05) is 29.8 Å². The molecule has 126 valence electrons. The van der Waals surface area contributed by atoms with Crippen molar-refractivity contribution in [1.29, 1.82) is 0 Å². The standard InChI is InChI=1S/C18H20ClN3OS/c19-15-6-4-14(5-7-15)13-20-18(24)22-10-8-21(9-11-22)16-2-1-3-17(23)12-16/h1-7,12,23H,8-11,13H2,(H,20,24). The van der Waals surface area contributed by atoms with Crippen LogP contribution in [0.15, 0.2) is 48.5 Å². The average Bonchev–Trinajstić information content (AvgIpc) is 2.61. The Morgan fingerprint density at radius 1 is 1.08 bits per heavy atom. The number of nitrogens with one attached hydrogen (secondary N) is 1. The van der Waals surface area contributed by atoms with Crippen molar-refractivity contribution >= 4 is 34.6 Å². The Balaban J connectivity index is 1.49. The molecule has 2 aromatic carbocycles. The van der Waals surface area contributed by atoms with Crippen LogP contribution in [0.5, 0.6) is 5.75 Å². The van der Waals surface area contributed by atoms with Crippen molar-refractivity contribution < 1.29 is 5.11 Å². The summed E-state index contributed by atoms with van der Waals surface area (Å²) in [4.78, 5) is 4.45. The first kappa shape index (κ1) is 16.9. The summed E-state index contributed by atoms with van der Waals surface area (Å²) in [5.74, 6) is 0.301. The monoisotopic (exact) mass is 361 g/mol. The van der Waals surface area contributed by atoms with Gasteiger partial charge < -0.3 is 20.2 Å². The van der Waals surface area contributed by atoms with Crippen molar-refractivity contribution in [2.24, 2.45) is 0 Å². The topological polar surface area (TPSA) is 38.7 Å². The van der Waals surface area contributed by atoms with Crippen LogP contribution in [0.1, 0.15) is 5.56 Å². The Kier molecular flexibility index (Phi) is 5.43. The van der Waals surface area contributed by atoms with Gasteiger partial charge in [-0.25, -0.2) is 0 Å². The van der Waals surface area contributed by atoms with Gasteiger partial charge in [0, 0.05) is 49.5 Å². The summed E-state index contributed by atoms with van der Waals surface area (Å²) in [6.45, 7) is 4.19. The predicted molar refractivity (Wildman–Crippen MR) is 103 cm³/mol. The third kappa shape index (κ3) is 4.30. The van der Waals surface area contributed by atoms with E-state index in [1.54, 1.807) is 12.1 Å². The van der Waals surface area contributed by atoms with Crippen LogP contribution in [0.4, 0.5) is 5.69 Å². The zero-order valence-electron chi connectivity index (χ0n) is 13.3. The highest BCUT2D eigenvalue weighted by Crippen LogP contribution is 2.21. The van der Waals surface area contributed by atoms with Gasteiger partial charge in [0.15, 0.2) is 5.11 Å². The molecule has 0 atom stereocenters. The first-order chi connectivity index (χ1) is 11.6. The molecule has 1 aliphatic heterocycles. The summed E-state index contributed by atoms with van der Waals surface area (Å²) >= 11 is 11.4. The number of hydrogen-bond acceptors (Lipinski definition) is 3. The molecular weight excluding hydrogens is 342 g/mol. The summed E-state index contributed by atoms with van der Waals surface area (Å²) in [6, 6.07) is 15.1. The van der Waals surface area contributed by atoms with Crippen molar-refractivity contribution in [2.75, 3.05) is 31.1 Å². The maximum absolute atomic E-state index is 9.60. The fraction of sp³-hybridized carbons (Fsp3) is 0.278. The van der Waals surface area contributed by atoms with Gasteiger partial charge in [0.25, 0.3) is 0 Å². The number of aromatic hydroxyl groups is 1. The quantitative estimate of drug-likeness (QED) is 0.821. The lowest BCUT2D eigenvalue weighted by Gasteiger charge is -2.37. The third-order valence-electron chi connectivity index (χ3n) is 4.12. The van der Waals surface area contributed by atoms with Gasteiger partial charge in [-0.3, -0.25) is 0 Å². The number of rotatable bonds is 3. The summed E-state index contributed by atoms with van der Waals surface area (Å²) < 4.78 is 0. The number of piperazine rings is 1. The lowest BCUT2D eigenvalue weighted by molar-refractivity contribution is 0.379. The minimum atomic E-state index is 0.301. The van der Waals surface area contributed by atoms with Crippen molar-refractivity contribution in [3.05, 3.63) is 59.1 Å². The van der Waals surface area contributed by atoms with E-state index < -0.39 is 0 Å². The number of thiocarbonyl (C=S) groups is 1. The van der Waals surface area contributed by atoms with Crippen LogP contribution in [0.25, 0.3) is 0 Å². The molecule has 4 nitrogen and oxygen atoms in total. The first-order valence-corrected chi connectivity index (χ1v) is 8.71.